The predicted octanol–water partition coefficient (Wildman–Crippen LogP) is 17.5. The zero-order chi connectivity index (χ0) is 60.6. The number of aromatic nitrogens is 2. The SMILES string of the molecule is CCN(C)c1nc2c(s1)C(c1ccc(Nc3ccc([N+](=O)[O-])cc3)cc1)(c1ccc(OC)cc1)Oc1cc(C)ccc1-2.Cc1ccc(C2(c3ccc(Nc4ccc(C)cc4[N+](=O)[O-])cc3)Oc3ccccc3-c3nc(N(C)c4ccccc4)sc32)cc1. The fourth-order valence-corrected chi connectivity index (χ4v) is 13.4. The molecule has 0 saturated carbocycles. The molecule has 13 rings (SSSR count). The second-order valence-corrected chi connectivity index (χ2v) is 23.4. The van der Waals surface area contributed by atoms with E-state index in [4.69, 9.17) is 24.2 Å². The van der Waals surface area contributed by atoms with E-state index in [9.17, 15) is 20.2 Å². The first-order chi connectivity index (χ1) is 42.1. The minimum absolute atomic E-state index is 0.0341. The van der Waals surface area contributed by atoms with Gasteiger partial charge < -0.3 is 34.6 Å². The van der Waals surface area contributed by atoms with Gasteiger partial charge in [-0.05, 0) is 130 Å². The number of benzene rings is 9. The number of non-ortho nitro benzene ring substituents is 1. The number of nitro groups is 2. The maximum Gasteiger partial charge on any atom is 0.292 e. The molecule has 15 nitrogen and oxygen atoms in total. The Bertz CT molecular complexity index is 4330. The average molecular weight is 1190 g/mol. The third kappa shape index (κ3) is 10.8. The number of thiazole rings is 2. The largest absolute Gasteiger partial charge is 0.497 e. The number of hydrogen-bond donors (Lipinski definition) is 2. The molecule has 0 bridgehead atoms. The zero-order valence-corrected chi connectivity index (χ0v) is 50.4. The lowest BCUT2D eigenvalue weighted by atomic mass is 9.81. The number of nitro benzene ring substituents is 2. The number of ether oxygens (including phenoxy) is 3. The number of hydrogen-bond acceptors (Lipinski definition) is 15. The van der Waals surface area contributed by atoms with E-state index in [1.165, 1.54) is 12.1 Å². The Morgan fingerprint density at radius 3 is 1.60 bits per heavy atom. The van der Waals surface area contributed by atoms with Gasteiger partial charge in [0.1, 0.15) is 22.9 Å². The Labute approximate surface area is 512 Å². The van der Waals surface area contributed by atoms with Crippen molar-refractivity contribution in [1.29, 1.82) is 0 Å². The van der Waals surface area contributed by atoms with Crippen molar-refractivity contribution in [2.45, 2.75) is 38.9 Å². The quantitative estimate of drug-likeness (QED) is 0.0735. The third-order valence-electron chi connectivity index (χ3n) is 15.7. The maximum absolute atomic E-state index is 11.7. The molecule has 434 valence electrons. The second-order valence-electron chi connectivity index (χ2n) is 21.4. The van der Waals surface area contributed by atoms with Crippen LogP contribution in [0, 0.1) is 41.0 Å². The van der Waals surface area contributed by atoms with E-state index in [-0.39, 0.29) is 16.3 Å². The van der Waals surface area contributed by atoms with Gasteiger partial charge in [0.05, 0.1) is 38.1 Å². The van der Waals surface area contributed by atoms with E-state index in [1.54, 1.807) is 54.0 Å². The Morgan fingerprint density at radius 1 is 0.529 bits per heavy atom. The van der Waals surface area contributed by atoms with Gasteiger partial charge >= 0.3 is 0 Å². The van der Waals surface area contributed by atoms with Gasteiger partial charge in [0, 0.05) is 95.0 Å². The lowest BCUT2D eigenvalue weighted by Crippen LogP contribution is -2.37. The zero-order valence-electron chi connectivity index (χ0n) is 48.8. The summed E-state index contributed by atoms with van der Waals surface area (Å²) in [6.07, 6.45) is 0. The predicted molar refractivity (Wildman–Crippen MR) is 349 cm³/mol. The smallest absolute Gasteiger partial charge is 0.292 e. The second kappa shape index (κ2) is 23.6. The molecule has 2 unspecified atom stereocenters. The summed E-state index contributed by atoms with van der Waals surface area (Å²) < 4.78 is 19.7. The molecule has 2 atom stereocenters. The van der Waals surface area contributed by atoms with E-state index >= 15 is 0 Å². The van der Waals surface area contributed by atoms with Crippen LogP contribution in [-0.4, -0.2) is 47.6 Å². The molecule has 0 fully saturated rings. The topological polar surface area (TPSA) is 170 Å². The Hall–Kier alpha value is -10.4. The van der Waals surface area contributed by atoms with Gasteiger partial charge in [-0.3, -0.25) is 20.2 Å². The van der Waals surface area contributed by atoms with Gasteiger partial charge in [-0.1, -0.05) is 131 Å². The Kier molecular flexibility index (Phi) is 15.5. The van der Waals surface area contributed by atoms with Gasteiger partial charge in [-0.2, -0.15) is 0 Å². The fraction of sp³-hybridized carbons (Fsp3) is 0.143. The van der Waals surface area contributed by atoms with Gasteiger partial charge in [0.2, 0.25) is 0 Å². The molecular formula is C70H60N8O7S2. The van der Waals surface area contributed by atoms with Gasteiger partial charge in [-0.15, -0.1) is 0 Å². The standard InChI is InChI=1S/C37H30N4O3S.C33H30N4O4S/c1-24-13-16-26(17-14-24)37(27-18-20-28(21-19-27)38-31-22-15-25(2)23-32(31)41(42)43)35-34(30-11-7-8-12-33(30)44-37)39-36(45-35)40(3)29-9-5-4-6-10-29;1-5-36(3)32-35-30-28-19-6-21(2)20-29(28)41-33(31(30)42-32,23-9-17-27(40-4)18-10-23)22-7-11-24(12-8-22)34-25-13-15-26(16-14-25)37(38)39/h4-23,38H,1-3H3;6-20,34H,5H2,1-4H3. The van der Waals surface area contributed by atoms with E-state index in [0.717, 1.165) is 128 Å². The summed E-state index contributed by atoms with van der Waals surface area (Å²) in [4.78, 5) is 38.6. The molecule has 2 aliphatic heterocycles. The summed E-state index contributed by atoms with van der Waals surface area (Å²) in [5, 5.41) is 31.2. The molecule has 0 amide bonds. The number of nitrogens with one attached hydrogen (secondary N) is 2. The maximum atomic E-state index is 11.7. The lowest BCUT2D eigenvalue weighted by molar-refractivity contribution is -0.384. The summed E-state index contributed by atoms with van der Waals surface area (Å²) in [5.74, 6) is 2.30. The Morgan fingerprint density at radius 2 is 1.01 bits per heavy atom. The molecule has 0 radical (unpaired) electrons. The van der Waals surface area contributed by atoms with Crippen LogP contribution >= 0.6 is 22.7 Å². The van der Waals surface area contributed by atoms with Crippen LogP contribution in [0.25, 0.3) is 22.5 Å². The minimum Gasteiger partial charge on any atom is -0.497 e. The molecule has 2 aliphatic rings. The number of fused-ring (bicyclic) bond motifs is 6. The first kappa shape index (κ1) is 57.1. The van der Waals surface area contributed by atoms with E-state index in [2.05, 4.69) is 133 Å². The van der Waals surface area contributed by atoms with Crippen molar-refractivity contribution in [2.24, 2.45) is 0 Å². The number of methoxy groups -OCH3 is 1. The fourth-order valence-electron chi connectivity index (χ4n) is 10.9. The highest BCUT2D eigenvalue weighted by Crippen LogP contribution is 2.57. The summed E-state index contributed by atoms with van der Waals surface area (Å²) in [5.41, 5.74) is 12.6. The highest BCUT2D eigenvalue weighted by Gasteiger charge is 2.49. The Balaban J connectivity index is 0.000000170. The van der Waals surface area contributed by atoms with Crippen LogP contribution in [0.4, 0.5) is 50.1 Å². The van der Waals surface area contributed by atoms with Crippen LogP contribution in [0.2, 0.25) is 0 Å². The van der Waals surface area contributed by atoms with Crippen LogP contribution in [0.1, 0.15) is 55.6 Å². The van der Waals surface area contributed by atoms with Crippen molar-refractivity contribution in [3.8, 4) is 39.8 Å². The molecule has 11 aromatic rings. The molecular weight excluding hydrogens is 1130 g/mol. The molecule has 2 N–H and O–H groups in total. The van der Waals surface area contributed by atoms with E-state index in [1.807, 2.05) is 105 Å². The minimum atomic E-state index is -0.987. The first-order valence-electron chi connectivity index (χ1n) is 28.2. The molecule has 2 aromatic heterocycles. The van der Waals surface area contributed by atoms with E-state index in [0.29, 0.717) is 5.69 Å². The number of anilines is 7. The highest BCUT2D eigenvalue weighted by molar-refractivity contribution is 7.16. The van der Waals surface area contributed by atoms with Gasteiger partial charge in [0.25, 0.3) is 11.4 Å². The number of rotatable bonds is 15. The van der Waals surface area contributed by atoms with Gasteiger partial charge in [0.15, 0.2) is 21.5 Å². The number of para-hydroxylation sites is 2. The molecule has 0 spiro atoms. The summed E-state index contributed by atoms with van der Waals surface area (Å²) in [6, 6.07) is 68.5. The number of nitrogens with zero attached hydrogens (tertiary/aromatic N) is 6. The monoisotopic (exact) mass is 1190 g/mol. The molecule has 0 saturated heterocycles. The van der Waals surface area contributed by atoms with Crippen molar-refractivity contribution >= 4 is 72.7 Å². The molecule has 87 heavy (non-hydrogen) atoms. The summed E-state index contributed by atoms with van der Waals surface area (Å²) >= 11 is 3.26. The molecule has 17 heteroatoms. The van der Waals surface area contributed by atoms with Crippen molar-refractivity contribution in [2.75, 3.05) is 48.2 Å². The summed E-state index contributed by atoms with van der Waals surface area (Å²) in [6.45, 7) is 8.91. The van der Waals surface area contributed by atoms with Crippen molar-refractivity contribution in [1.82, 2.24) is 9.97 Å². The van der Waals surface area contributed by atoms with Crippen LogP contribution in [-0.2, 0) is 11.2 Å². The average Bonchev–Trinajstić information content (AvgIpc) is 1.71. The normalized spacial score (nSPS) is 15.1. The number of aryl methyl sites for hydroxylation is 3. The van der Waals surface area contributed by atoms with Gasteiger partial charge in [-0.25, -0.2) is 9.97 Å². The van der Waals surface area contributed by atoms with Crippen molar-refractivity contribution in [3.63, 3.8) is 0 Å². The molecule has 4 heterocycles. The highest BCUT2D eigenvalue weighted by atomic mass is 32.1. The lowest BCUT2D eigenvalue weighted by Gasteiger charge is -2.39. The van der Waals surface area contributed by atoms with Crippen LogP contribution in [0.5, 0.6) is 17.2 Å². The van der Waals surface area contributed by atoms with Crippen molar-refractivity contribution in [3.05, 3.63) is 281 Å². The summed E-state index contributed by atoms with van der Waals surface area (Å²) in [7, 11) is 5.74. The van der Waals surface area contributed by atoms with Crippen LogP contribution in [0.15, 0.2) is 212 Å². The third-order valence-corrected chi connectivity index (χ3v) is 18.2. The first-order valence-corrected chi connectivity index (χ1v) is 29.9. The molecule has 0 aliphatic carbocycles. The van der Waals surface area contributed by atoms with Crippen LogP contribution < -0.4 is 34.6 Å². The molecule has 9 aromatic carbocycles. The van der Waals surface area contributed by atoms with Crippen LogP contribution in [0.3, 0.4) is 0 Å². The van der Waals surface area contributed by atoms with E-state index < -0.39 is 16.1 Å². The van der Waals surface area contributed by atoms with Crippen molar-refractivity contribution < 1.29 is 24.1 Å².